The van der Waals surface area contributed by atoms with Gasteiger partial charge in [-0.25, -0.2) is 0 Å². The molecule has 1 aliphatic rings. The molecule has 0 aromatic heterocycles. The van der Waals surface area contributed by atoms with E-state index >= 15 is 0 Å². The molecule has 0 atom stereocenters. The molecule has 0 bridgehead atoms. The van der Waals surface area contributed by atoms with Gasteiger partial charge >= 0.3 is 0 Å². The monoisotopic (exact) mass is 282 g/mol. The number of phenolic OH excluding ortho intramolecular Hbond substituents is 2. The highest BCUT2D eigenvalue weighted by molar-refractivity contribution is 6.21. The van der Waals surface area contributed by atoms with Gasteiger partial charge in [0.2, 0.25) is 0 Å². The molecule has 1 heterocycles. The minimum atomic E-state index is -0.509. The van der Waals surface area contributed by atoms with E-state index in [0.29, 0.717) is 11.1 Å². The lowest BCUT2D eigenvalue weighted by Crippen LogP contribution is -2.23. The van der Waals surface area contributed by atoms with E-state index in [2.05, 4.69) is 5.10 Å². The summed E-state index contributed by atoms with van der Waals surface area (Å²) in [5, 5.41) is 23.4. The molecule has 2 N–H and O–H groups in total. The number of nitrogens with zero attached hydrogens (tertiary/aromatic N) is 2. The van der Waals surface area contributed by atoms with Gasteiger partial charge < -0.3 is 10.2 Å². The molecule has 0 saturated carbocycles. The van der Waals surface area contributed by atoms with Crippen LogP contribution in [-0.2, 0) is 0 Å². The van der Waals surface area contributed by atoms with E-state index in [1.54, 1.807) is 24.3 Å². The number of hydrogen-bond acceptors (Lipinski definition) is 5. The van der Waals surface area contributed by atoms with Gasteiger partial charge in [0.25, 0.3) is 11.8 Å². The number of imide groups is 1. The second-order valence-corrected chi connectivity index (χ2v) is 4.46. The number of phenols is 2. The number of fused-ring (bicyclic) bond motifs is 1. The van der Waals surface area contributed by atoms with Crippen LogP contribution in [0.5, 0.6) is 11.5 Å². The van der Waals surface area contributed by atoms with Gasteiger partial charge in [-0.2, -0.15) is 10.1 Å². The maximum atomic E-state index is 12.1. The Morgan fingerprint density at radius 3 is 2.14 bits per heavy atom. The van der Waals surface area contributed by atoms with Crippen molar-refractivity contribution in [3.05, 3.63) is 59.2 Å². The number of carbonyl (C=O) groups excluding carboxylic acids is 2. The number of rotatable bonds is 2. The molecule has 6 nitrogen and oxygen atoms in total. The lowest BCUT2D eigenvalue weighted by molar-refractivity contribution is 0.0660. The fraction of sp³-hybridized carbons (Fsp3) is 0. The number of hydrogen-bond donors (Lipinski definition) is 2. The summed E-state index contributed by atoms with van der Waals surface area (Å²) < 4.78 is 0. The van der Waals surface area contributed by atoms with Crippen molar-refractivity contribution in [3.63, 3.8) is 0 Å². The van der Waals surface area contributed by atoms with Crippen molar-refractivity contribution in [2.45, 2.75) is 0 Å². The van der Waals surface area contributed by atoms with Crippen LogP contribution >= 0.6 is 0 Å². The van der Waals surface area contributed by atoms with Crippen molar-refractivity contribution in [3.8, 4) is 11.5 Å². The first-order chi connectivity index (χ1) is 10.1. The quantitative estimate of drug-likeness (QED) is 0.648. The van der Waals surface area contributed by atoms with Crippen molar-refractivity contribution < 1.29 is 19.8 Å². The first kappa shape index (κ1) is 12.9. The average Bonchev–Trinajstić information content (AvgIpc) is 2.71. The molecular formula is C15H10N2O4. The fourth-order valence-electron chi connectivity index (χ4n) is 2.04. The topological polar surface area (TPSA) is 90.2 Å². The summed E-state index contributed by atoms with van der Waals surface area (Å²) in [6.45, 7) is 0. The molecular weight excluding hydrogens is 272 g/mol. The number of benzene rings is 2. The minimum absolute atomic E-state index is 0.0922. The van der Waals surface area contributed by atoms with Crippen LogP contribution in [-0.4, -0.2) is 33.3 Å². The predicted octanol–water partition coefficient (Wildman–Crippen LogP) is 1.73. The SMILES string of the molecule is O=C1c2ccccc2C(=O)N1N=Cc1ccc(O)cc1O. The van der Waals surface area contributed by atoms with Gasteiger partial charge in [0.1, 0.15) is 11.5 Å². The Labute approximate surface area is 119 Å². The summed E-state index contributed by atoms with van der Waals surface area (Å²) in [4.78, 5) is 24.1. The molecule has 0 aliphatic carbocycles. The highest BCUT2D eigenvalue weighted by atomic mass is 16.3. The molecule has 3 rings (SSSR count). The second kappa shape index (κ2) is 4.75. The Bertz CT molecular complexity index is 748. The molecule has 0 spiro atoms. The molecule has 2 aromatic carbocycles. The minimum Gasteiger partial charge on any atom is -0.508 e. The van der Waals surface area contributed by atoms with E-state index in [-0.39, 0.29) is 17.1 Å². The highest BCUT2D eigenvalue weighted by Gasteiger charge is 2.35. The number of hydrazone groups is 1. The molecule has 2 amide bonds. The highest BCUT2D eigenvalue weighted by Crippen LogP contribution is 2.24. The van der Waals surface area contributed by atoms with Gasteiger partial charge in [0.05, 0.1) is 17.3 Å². The van der Waals surface area contributed by atoms with E-state index in [4.69, 9.17) is 0 Å². The predicted molar refractivity (Wildman–Crippen MR) is 74.3 cm³/mol. The largest absolute Gasteiger partial charge is 0.508 e. The Morgan fingerprint density at radius 2 is 1.57 bits per heavy atom. The Morgan fingerprint density at radius 1 is 0.952 bits per heavy atom. The van der Waals surface area contributed by atoms with Crippen molar-refractivity contribution in [2.75, 3.05) is 0 Å². The summed E-state index contributed by atoms with van der Waals surface area (Å²) in [6, 6.07) is 10.4. The lowest BCUT2D eigenvalue weighted by Gasteiger charge is -2.06. The average molecular weight is 282 g/mol. The molecule has 0 saturated heterocycles. The van der Waals surface area contributed by atoms with Crippen molar-refractivity contribution in [2.24, 2.45) is 5.10 Å². The van der Waals surface area contributed by atoms with E-state index < -0.39 is 11.8 Å². The van der Waals surface area contributed by atoms with Crippen LogP contribution in [0.2, 0.25) is 0 Å². The number of amides is 2. The zero-order chi connectivity index (χ0) is 15.0. The van der Waals surface area contributed by atoms with Crippen LogP contribution in [0, 0.1) is 0 Å². The Hall–Kier alpha value is -3.15. The van der Waals surface area contributed by atoms with Crippen LogP contribution < -0.4 is 0 Å². The van der Waals surface area contributed by atoms with E-state index in [1.165, 1.54) is 18.3 Å². The van der Waals surface area contributed by atoms with Crippen LogP contribution in [0.4, 0.5) is 0 Å². The van der Waals surface area contributed by atoms with Gasteiger partial charge in [-0.3, -0.25) is 9.59 Å². The van der Waals surface area contributed by atoms with Crippen LogP contribution in [0.3, 0.4) is 0 Å². The fourth-order valence-corrected chi connectivity index (χ4v) is 2.04. The second-order valence-electron chi connectivity index (χ2n) is 4.46. The number of carbonyl (C=O) groups is 2. The van der Waals surface area contributed by atoms with Crippen LogP contribution in [0.25, 0.3) is 0 Å². The summed E-state index contributed by atoms with van der Waals surface area (Å²) in [6.07, 6.45) is 1.19. The first-order valence-electron chi connectivity index (χ1n) is 6.11. The third-order valence-corrected chi connectivity index (χ3v) is 3.10. The molecule has 0 unspecified atom stereocenters. The zero-order valence-electron chi connectivity index (χ0n) is 10.7. The Balaban J connectivity index is 1.91. The van der Waals surface area contributed by atoms with Gasteiger partial charge in [-0.1, -0.05) is 12.1 Å². The lowest BCUT2D eigenvalue weighted by atomic mass is 10.1. The van der Waals surface area contributed by atoms with Crippen LogP contribution in [0.15, 0.2) is 47.6 Å². The summed E-state index contributed by atoms with van der Waals surface area (Å²) >= 11 is 0. The molecule has 2 aromatic rings. The maximum absolute atomic E-state index is 12.1. The van der Waals surface area contributed by atoms with Gasteiger partial charge in [0, 0.05) is 11.6 Å². The first-order valence-corrected chi connectivity index (χ1v) is 6.11. The molecule has 0 fully saturated rings. The van der Waals surface area contributed by atoms with Crippen molar-refractivity contribution in [1.82, 2.24) is 5.01 Å². The summed E-state index contributed by atoms with van der Waals surface area (Å²) in [7, 11) is 0. The molecule has 104 valence electrons. The molecule has 0 radical (unpaired) electrons. The summed E-state index contributed by atoms with van der Waals surface area (Å²) in [5.41, 5.74) is 0.883. The molecule has 6 heteroatoms. The van der Waals surface area contributed by atoms with Gasteiger partial charge in [-0.15, -0.1) is 0 Å². The third kappa shape index (κ3) is 2.12. The normalized spacial score (nSPS) is 14.0. The van der Waals surface area contributed by atoms with Gasteiger partial charge in [0.15, 0.2) is 0 Å². The van der Waals surface area contributed by atoms with Crippen molar-refractivity contribution >= 4 is 18.0 Å². The zero-order valence-corrected chi connectivity index (χ0v) is 10.7. The number of aromatic hydroxyl groups is 2. The van der Waals surface area contributed by atoms with Gasteiger partial charge in [-0.05, 0) is 24.3 Å². The van der Waals surface area contributed by atoms with E-state index in [0.717, 1.165) is 11.1 Å². The van der Waals surface area contributed by atoms with E-state index in [9.17, 15) is 19.8 Å². The van der Waals surface area contributed by atoms with Crippen LogP contribution in [0.1, 0.15) is 26.3 Å². The maximum Gasteiger partial charge on any atom is 0.282 e. The molecule has 21 heavy (non-hydrogen) atoms. The van der Waals surface area contributed by atoms with Crippen molar-refractivity contribution in [1.29, 1.82) is 0 Å². The van der Waals surface area contributed by atoms with E-state index in [1.807, 2.05) is 0 Å². The third-order valence-electron chi connectivity index (χ3n) is 3.10. The summed E-state index contributed by atoms with van der Waals surface area (Å²) in [5.74, 6) is -1.31. The smallest absolute Gasteiger partial charge is 0.282 e. The standard InChI is InChI=1S/C15H10N2O4/c18-10-6-5-9(13(19)7-10)8-16-17-14(20)11-3-1-2-4-12(11)15(17)21/h1-8,18-19H. The molecule has 1 aliphatic heterocycles. The Kier molecular flexibility index (Phi) is 2.91.